The van der Waals surface area contributed by atoms with E-state index in [2.05, 4.69) is 12.2 Å². The number of hydrogen-bond acceptors (Lipinski definition) is 3. The maximum Gasteiger partial charge on any atom is 0.408 e. The molecule has 1 saturated heterocycles. The Labute approximate surface area is 115 Å². The fraction of sp³-hybridized carbons (Fsp3) is 0.857. The Morgan fingerprint density at radius 1 is 1.26 bits per heavy atom. The monoisotopic (exact) mass is 270 g/mol. The molecular weight excluding hydrogens is 244 g/mol. The summed E-state index contributed by atoms with van der Waals surface area (Å²) in [4.78, 5) is 25.3. The van der Waals surface area contributed by atoms with E-state index in [1.54, 1.807) is 20.8 Å². The Morgan fingerprint density at radius 2 is 1.95 bits per heavy atom. The van der Waals surface area contributed by atoms with Crippen molar-refractivity contribution in [3.05, 3.63) is 0 Å². The number of carbonyl (C=O) groups is 2. The van der Waals surface area contributed by atoms with Crippen LogP contribution in [0.4, 0.5) is 4.79 Å². The van der Waals surface area contributed by atoms with Crippen molar-refractivity contribution in [2.24, 2.45) is 5.92 Å². The summed E-state index contributed by atoms with van der Waals surface area (Å²) < 4.78 is 5.10. The first-order valence-electron chi connectivity index (χ1n) is 7.02. The van der Waals surface area contributed by atoms with Gasteiger partial charge in [0.25, 0.3) is 0 Å². The Morgan fingerprint density at radius 3 is 2.58 bits per heavy atom. The van der Waals surface area contributed by atoms with Gasteiger partial charge in [-0.1, -0.05) is 6.92 Å². The van der Waals surface area contributed by atoms with Gasteiger partial charge in [-0.3, -0.25) is 4.79 Å². The number of carbonyl (C=O) groups excluding carboxylic acids is 2. The number of rotatable bonds is 2. The van der Waals surface area contributed by atoms with Crippen molar-refractivity contribution in [2.45, 2.75) is 52.6 Å². The Kier molecular flexibility index (Phi) is 5.63. The van der Waals surface area contributed by atoms with Gasteiger partial charge in [0.1, 0.15) is 12.1 Å². The molecule has 0 bridgehead atoms. The van der Waals surface area contributed by atoms with E-state index in [1.165, 1.54) is 6.42 Å². The van der Waals surface area contributed by atoms with Crippen LogP contribution in [0, 0.1) is 5.92 Å². The molecule has 5 nitrogen and oxygen atoms in total. The highest BCUT2D eigenvalue weighted by molar-refractivity contribution is 5.82. The third kappa shape index (κ3) is 6.45. The molecule has 0 radical (unpaired) electrons. The van der Waals surface area contributed by atoms with Crippen LogP contribution in [-0.4, -0.2) is 42.1 Å². The van der Waals surface area contributed by atoms with Crippen LogP contribution in [0.3, 0.4) is 0 Å². The maximum absolute atomic E-state index is 12.0. The lowest BCUT2D eigenvalue weighted by atomic mass is 10.0. The van der Waals surface area contributed by atoms with Crippen LogP contribution in [0.25, 0.3) is 0 Å². The van der Waals surface area contributed by atoms with E-state index in [9.17, 15) is 9.59 Å². The number of alkyl carbamates (subject to hydrolysis) is 1. The van der Waals surface area contributed by atoms with Crippen molar-refractivity contribution in [1.82, 2.24) is 10.2 Å². The van der Waals surface area contributed by atoms with E-state index in [0.29, 0.717) is 5.92 Å². The fourth-order valence-electron chi connectivity index (χ4n) is 2.09. The van der Waals surface area contributed by atoms with Crippen LogP contribution in [-0.2, 0) is 9.53 Å². The molecule has 1 aliphatic heterocycles. The molecule has 0 aromatic carbocycles. The molecule has 2 amide bonds. The van der Waals surface area contributed by atoms with Crippen LogP contribution in [0.15, 0.2) is 0 Å². The van der Waals surface area contributed by atoms with Crippen molar-refractivity contribution < 1.29 is 14.3 Å². The van der Waals surface area contributed by atoms with Gasteiger partial charge in [-0.2, -0.15) is 0 Å². The molecule has 5 heteroatoms. The Hall–Kier alpha value is -1.26. The average molecular weight is 270 g/mol. The molecule has 1 rings (SSSR count). The molecule has 0 spiro atoms. The van der Waals surface area contributed by atoms with Crippen LogP contribution < -0.4 is 5.32 Å². The van der Waals surface area contributed by atoms with Crippen molar-refractivity contribution in [1.29, 1.82) is 0 Å². The summed E-state index contributed by atoms with van der Waals surface area (Å²) >= 11 is 0. The molecule has 0 saturated carbocycles. The quantitative estimate of drug-likeness (QED) is 0.836. The molecule has 1 fully saturated rings. The molecular formula is C14H26N2O3. The molecule has 0 aliphatic carbocycles. The molecule has 1 heterocycles. The zero-order chi connectivity index (χ0) is 14.5. The van der Waals surface area contributed by atoms with Gasteiger partial charge in [-0.05, 0) is 46.0 Å². The number of nitrogens with zero attached hydrogens (tertiary/aromatic N) is 1. The molecule has 19 heavy (non-hydrogen) atoms. The summed E-state index contributed by atoms with van der Waals surface area (Å²) in [5, 5.41) is 2.52. The third-order valence-corrected chi connectivity index (χ3v) is 3.15. The molecule has 0 aromatic rings. The average Bonchev–Trinajstić information content (AvgIpc) is 2.48. The fourth-order valence-corrected chi connectivity index (χ4v) is 2.09. The van der Waals surface area contributed by atoms with Crippen molar-refractivity contribution >= 4 is 12.0 Å². The van der Waals surface area contributed by atoms with Crippen LogP contribution in [0.1, 0.15) is 47.0 Å². The lowest BCUT2D eigenvalue weighted by Crippen LogP contribution is -2.42. The van der Waals surface area contributed by atoms with Gasteiger partial charge < -0.3 is 15.0 Å². The van der Waals surface area contributed by atoms with E-state index < -0.39 is 11.7 Å². The van der Waals surface area contributed by atoms with E-state index in [1.807, 2.05) is 4.90 Å². The standard InChI is InChI=1S/C14H26N2O3/c1-11-6-5-8-16(9-7-11)12(17)10-15-13(18)19-14(2,3)4/h11H,5-10H2,1-4H3,(H,15,18). The third-order valence-electron chi connectivity index (χ3n) is 3.15. The highest BCUT2D eigenvalue weighted by atomic mass is 16.6. The summed E-state index contributed by atoms with van der Waals surface area (Å²) in [7, 11) is 0. The highest BCUT2D eigenvalue weighted by Crippen LogP contribution is 2.16. The van der Waals surface area contributed by atoms with Gasteiger partial charge in [0, 0.05) is 13.1 Å². The first-order chi connectivity index (χ1) is 8.78. The minimum Gasteiger partial charge on any atom is -0.444 e. The molecule has 0 aromatic heterocycles. The van der Waals surface area contributed by atoms with Crippen LogP contribution in [0.5, 0.6) is 0 Å². The van der Waals surface area contributed by atoms with Gasteiger partial charge >= 0.3 is 6.09 Å². The minimum atomic E-state index is -0.538. The zero-order valence-electron chi connectivity index (χ0n) is 12.5. The minimum absolute atomic E-state index is 0.0172. The zero-order valence-corrected chi connectivity index (χ0v) is 12.5. The topological polar surface area (TPSA) is 58.6 Å². The van der Waals surface area contributed by atoms with E-state index >= 15 is 0 Å². The largest absolute Gasteiger partial charge is 0.444 e. The predicted molar refractivity (Wildman–Crippen MR) is 73.8 cm³/mol. The summed E-state index contributed by atoms with van der Waals surface area (Å²) in [6.45, 7) is 9.20. The first kappa shape index (κ1) is 15.8. The number of likely N-dealkylation sites (tertiary alicyclic amines) is 1. The second kappa shape index (κ2) is 6.78. The van der Waals surface area contributed by atoms with Gasteiger partial charge in [-0.25, -0.2) is 4.79 Å². The smallest absolute Gasteiger partial charge is 0.408 e. The van der Waals surface area contributed by atoms with E-state index in [4.69, 9.17) is 4.74 Å². The lowest BCUT2D eigenvalue weighted by Gasteiger charge is -2.22. The number of hydrogen-bond donors (Lipinski definition) is 1. The molecule has 1 aliphatic rings. The van der Waals surface area contributed by atoms with E-state index in [0.717, 1.165) is 25.9 Å². The Bertz CT molecular complexity index is 323. The second-order valence-corrected chi connectivity index (χ2v) is 6.27. The van der Waals surface area contributed by atoms with Gasteiger partial charge in [0.05, 0.1) is 0 Å². The first-order valence-corrected chi connectivity index (χ1v) is 7.02. The number of nitrogens with one attached hydrogen (secondary N) is 1. The van der Waals surface area contributed by atoms with Gasteiger partial charge in [0.2, 0.25) is 5.91 Å². The van der Waals surface area contributed by atoms with E-state index in [-0.39, 0.29) is 12.5 Å². The summed E-state index contributed by atoms with van der Waals surface area (Å²) in [6.07, 6.45) is 2.71. The summed E-state index contributed by atoms with van der Waals surface area (Å²) in [5.41, 5.74) is -0.537. The van der Waals surface area contributed by atoms with Gasteiger partial charge in [-0.15, -0.1) is 0 Å². The predicted octanol–water partition coefficient (Wildman–Crippen LogP) is 2.16. The van der Waals surface area contributed by atoms with Crippen molar-refractivity contribution in [3.63, 3.8) is 0 Å². The molecule has 1 N–H and O–H groups in total. The number of amides is 2. The lowest BCUT2D eigenvalue weighted by molar-refractivity contribution is -0.130. The normalized spacial score (nSPS) is 20.6. The summed E-state index contributed by atoms with van der Waals surface area (Å²) in [5.74, 6) is 0.650. The van der Waals surface area contributed by atoms with Crippen LogP contribution in [0.2, 0.25) is 0 Å². The van der Waals surface area contributed by atoms with Crippen LogP contribution >= 0.6 is 0 Å². The second-order valence-electron chi connectivity index (χ2n) is 6.27. The molecule has 1 unspecified atom stereocenters. The highest BCUT2D eigenvalue weighted by Gasteiger charge is 2.20. The Balaban J connectivity index is 2.32. The SMILES string of the molecule is CC1CCCN(C(=O)CNC(=O)OC(C)(C)C)CC1. The molecule has 1 atom stereocenters. The number of ether oxygens (including phenoxy) is 1. The summed E-state index contributed by atoms with van der Waals surface area (Å²) in [6, 6.07) is 0. The molecule has 110 valence electrons. The van der Waals surface area contributed by atoms with Gasteiger partial charge in [0.15, 0.2) is 0 Å². The maximum atomic E-state index is 12.0. The van der Waals surface area contributed by atoms with Crippen molar-refractivity contribution in [3.8, 4) is 0 Å². The van der Waals surface area contributed by atoms with Crippen molar-refractivity contribution in [2.75, 3.05) is 19.6 Å².